The molecule has 1 amide bonds. The molecule has 2 heterocycles. The van der Waals surface area contributed by atoms with Crippen molar-refractivity contribution < 1.29 is 19.4 Å². The van der Waals surface area contributed by atoms with Gasteiger partial charge in [-0.05, 0) is 19.3 Å². The predicted octanol–water partition coefficient (Wildman–Crippen LogP) is 0.688. The first-order valence-corrected chi connectivity index (χ1v) is 7.16. The normalized spacial score (nSPS) is 16.2. The Morgan fingerprint density at radius 1 is 1.43 bits per heavy atom. The van der Waals surface area contributed by atoms with E-state index in [1.807, 2.05) is 14.0 Å². The van der Waals surface area contributed by atoms with Gasteiger partial charge in [0.2, 0.25) is 0 Å². The molecule has 1 N–H and O–H groups in total. The van der Waals surface area contributed by atoms with Crippen molar-refractivity contribution in [3.63, 3.8) is 0 Å². The molecular formula is C14H21N3O4. The van der Waals surface area contributed by atoms with Crippen LogP contribution in [0.3, 0.4) is 0 Å². The zero-order valence-corrected chi connectivity index (χ0v) is 12.4. The number of carbonyl (C=O) groups is 2. The van der Waals surface area contributed by atoms with Gasteiger partial charge in [0.05, 0.1) is 17.4 Å². The van der Waals surface area contributed by atoms with Crippen LogP contribution in [0.1, 0.15) is 35.8 Å². The minimum Gasteiger partial charge on any atom is -0.480 e. The highest BCUT2D eigenvalue weighted by Gasteiger charge is 2.26. The van der Waals surface area contributed by atoms with E-state index in [4.69, 9.17) is 9.84 Å². The van der Waals surface area contributed by atoms with Crippen LogP contribution in [0.25, 0.3) is 0 Å². The first kappa shape index (κ1) is 15.5. The molecule has 0 saturated carbocycles. The van der Waals surface area contributed by atoms with E-state index < -0.39 is 5.97 Å². The topological polar surface area (TPSA) is 84.7 Å². The van der Waals surface area contributed by atoms with Gasteiger partial charge < -0.3 is 14.7 Å². The van der Waals surface area contributed by atoms with E-state index in [1.165, 1.54) is 0 Å². The molecule has 116 valence electrons. The van der Waals surface area contributed by atoms with Crippen LogP contribution >= 0.6 is 0 Å². The highest BCUT2D eigenvalue weighted by molar-refractivity contribution is 5.95. The van der Waals surface area contributed by atoms with Crippen LogP contribution in [0.2, 0.25) is 0 Å². The van der Waals surface area contributed by atoms with E-state index in [1.54, 1.807) is 15.8 Å². The second-order valence-electron chi connectivity index (χ2n) is 5.21. The fourth-order valence-corrected chi connectivity index (χ4v) is 2.56. The number of ether oxygens (including phenoxy) is 1. The molecule has 1 aliphatic rings. The molecule has 1 aromatic heterocycles. The molecule has 0 aliphatic carbocycles. The Labute approximate surface area is 123 Å². The summed E-state index contributed by atoms with van der Waals surface area (Å²) < 4.78 is 6.93. The summed E-state index contributed by atoms with van der Waals surface area (Å²) >= 11 is 0. The van der Waals surface area contributed by atoms with E-state index in [9.17, 15) is 9.59 Å². The Hall–Kier alpha value is -1.89. The second-order valence-corrected chi connectivity index (χ2v) is 5.21. The summed E-state index contributed by atoms with van der Waals surface area (Å²) in [5.74, 6) is -0.965. The molecule has 21 heavy (non-hydrogen) atoms. The molecular weight excluding hydrogens is 274 g/mol. The van der Waals surface area contributed by atoms with Crippen LogP contribution in [0, 0.1) is 0 Å². The molecule has 7 heteroatoms. The number of rotatable bonds is 5. The lowest BCUT2D eigenvalue weighted by molar-refractivity contribution is -0.145. The molecule has 1 aliphatic heterocycles. The van der Waals surface area contributed by atoms with Crippen LogP contribution in [-0.4, -0.2) is 57.5 Å². The second kappa shape index (κ2) is 6.71. The number of aryl methyl sites for hydroxylation is 2. The maximum atomic E-state index is 12.5. The number of carboxylic acids is 1. The average molecular weight is 295 g/mol. The van der Waals surface area contributed by atoms with Gasteiger partial charge in [-0.15, -0.1) is 0 Å². The molecule has 0 radical (unpaired) electrons. The van der Waals surface area contributed by atoms with Gasteiger partial charge >= 0.3 is 5.97 Å². The fraction of sp³-hybridized carbons (Fsp3) is 0.643. The van der Waals surface area contributed by atoms with Crippen molar-refractivity contribution in [3.05, 3.63) is 17.5 Å². The van der Waals surface area contributed by atoms with Crippen LogP contribution in [0.15, 0.2) is 6.20 Å². The Morgan fingerprint density at radius 2 is 2.10 bits per heavy atom. The van der Waals surface area contributed by atoms with Crippen LogP contribution in [0.4, 0.5) is 0 Å². The smallest absolute Gasteiger partial charge is 0.329 e. The highest BCUT2D eigenvalue weighted by Crippen LogP contribution is 2.18. The Bertz CT molecular complexity index is 518. The number of likely N-dealkylation sites (tertiary alicyclic amines) is 1. The molecule has 0 aromatic carbocycles. The molecule has 1 fully saturated rings. The summed E-state index contributed by atoms with van der Waals surface area (Å²) in [4.78, 5) is 24.8. The Kier molecular flexibility index (Phi) is 4.95. The lowest BCUT2D eigenvalue weighted by Gasteiger charge is -2.31. The number of amides is 1. The zero-order chi connectivity index (χ0) is 15.4. The summed E-state index contributed by atoms with van der Waals surface area (Å²) in [6.07, 6.45) is 3.74. The van der Waals surface area contributed by atoms with Crippen LogP contribution < -0.4 is 0 Å². The molecule has 7 nitrogen and oxygen atoms in total. The number of piperidine rings is 1. The van der Waals surface area contributed by atoms with Gasteiger partial charge in [0.1, 0.15) is 6.61 Å². The van der Waals surface area contributed by atoms with Crippen molar-refractivity contribution in [2.24, 2.45) is 7.05 Å². The third-order valence-electron chi connectivity index (χ3n) is 3.64. The molecule has 0 unspecified atom stereocenters. The lowest BCUT2D eigenvalue weighted by Crippen LogP contribution is -2.41. The van der Waals surface area contributed by atoms with Crippen LogP contribution in [0.5, 0.6) is 0 Å². The van der Waals surface area contributed by atoms with E-state index in [-0.39, 0.29) is 18.6 Å². The summed E-state index contributed by atoms with van der Waals surface area (Å²) in [7, 11) is 1.81. The highest BCUT2D eigenvalue weighted by atomic mass is 16.5. The number of hydrogen-bond donors (Lipinski definition) is 1. The Morgan fingerprint density at radius 3 is 2.67 bits per heavy atom. The van der Waals surface area contributed by atoms with Gasteiger partial charge in [-0.25, -0.2) is 4.79 Å². The molecule has 0 bridgehead atoms. The number of carboxylic acid groups (broad SMARTS) is 1. The first-order chi connectivity index (χ1) is 10.0. The summed E-state index contributed by atoms with van der Waals surface area (Å²) in [6.45, 7) is 2.87. The van der Waals surface area contributed by atoms with Gasteiger partial charge in [0.25, 0.3) is 5.91 Å². The average Bonchev–Trinajstić information content (AvgIpc) is 2.86. The first-order valence-electron chi connectivity index (χ1n) is 7.16. The summed E-state index contributed by atoms with van der Waals surface area (Å²) in [6, 6.07) is 0. The molecule has 1 saturated heterocycles. The van der Waals surface area contributed by atoms with E-state index >= 15 is 0 Å². The summed E-state index contributed by atoms with van der Waals surface area (Å²) in [5, 5.41) is 12.9. The third-order valence-corrected chi connectivity index (χ3v) is 3.64. The quantitative estimate of drug-likeness (QED) is 0.864. The fourth-order valence-electron chi connectivity index (χ4n) is 2.56. The minimum atomic E-state index is -0.962. The van der Waals surface area contributed by atoms with Gasteiger partial charge in [-0.3, -0.25) is 9.48 Å². The number of carbonyl (C=O) groups excluding carboxylic acids is 1. The number of hydrogen-bond acceptors (Lipinski definition) is 4. The van der Waals surface area contributed by atoms with Gasteiger partial charge in [-0.2, -0.15) is 5.10 Å². The van der Waals surface area contributed by atoms with Crippen molar-refractivity contribution in [1.29, 1.82) is 0 Å². The van der Waals surface area contributed by atoms with E-state index in [2.05, 4.69) is 5.10 Å². The van der Waals surface area contributed by atoms with Crippen molar-refractivity contribution in [2.45, 2.75) is 32.3 Å². The monoisotopic (exact) mass is 295 g/mol. The molecule has 1 aromatic rings. The van der Waals surface area contributed by atoms with E-state index in [0.717, 1.165) is 12.1 Å². The standard InChI is InChI=1S/C14H21N3O4/c1-3-12-11(8-16(2)15-12)14(20)17-6-4-10(5-7-17)21-9-13(18)19/h8,10H,3-7,9H2,1-2H3,(H,18,19). The van der Waals surface area contributed by atoms with Crippen molar-refractivity contribution >= 4 is 11.9 Å². The Balaban J connectivity index is 1.92. The van der Waals surface area contributed by atoms with E-state index in [0.29, 0.717) is 31.5 Å². The maximum Gasteiger partial charge on any atom is 0.329 e. The number of aliphatic carboxylic acids is 1. The van der Waals surface area contributed by atoms with Crippen molar-refractivity contribution in [3.8, 4) is 0 Å². The zero-order valence-electron chi connectivity index (χ0n) is 12.4. The molecule has 0 atom stereocenters. The summed E-state index contributed by atoms with van der Waals surface area (Å²) in [5.41, 5.74) is 1.47. The van der Waals surface area contributed by atoms with Gasteiger partial charge in [-0.1, -0.05) is 6.92 Å². The van der Waals surface area contributed by atoms with Gasteiger partial charge in [0, 0.05) is 26.3 Å². The molecule has 2 rings (SSSR count). The minimum absolute atomic E-state index is 0.00312. The third kappa shape index (κ3) is 3.81. The maximum absolute atomic E-state index is 12.5. The van der Waals surface area contributed by atoms with Crippen LogP contribution in [-0.2, 0) is 23.0 Å². The van der Waals surface area contributed by atoms with Crippen molar-refractivity contribution in [1.82, 2.24) is 14.7 Å². The lowest BCUT2D eigenvalue weighted by atomic mass is 10.1. The largest absolute Gasteiger partial charge is 0.480 e. The predicted molar refractivity (Wildman–Crippen MR) is 75.1 cm³/mol. The SMILES string of the molecule is CCc1nn(C)cc1C(=O)N1CCC(OCC(=O)O)CC1. The number of nitrogens with zero attached hydrogens (tertiary/aromatic N) is 3. The van der Waals surface area contributed by atoms with Gasteiger partial charge in [0.15, 0.2) is 0 Å². The number of aromatic nitrogens is 2. The van der Waals surface area contributed by atoms with Crippen molar-refractivity contribution in [2.75, 3.05) is 19.7 Å². The molecule has 0 spiro atoms.